The van der Waals surface area contributed by atoms with E-state index in [1.165, 1.54) is 11.0 Å². The number of tetrazole rings is 1. The number of hydrogen-bond donors (Lipinski definition) is 2. The molecule has 8 heteroatoms. The molecule has 1 aliphatic rings. The van der Waals surface area contributed by atoms with E-state index in [1.807, 2.05) is 18.2 Å². The number of carbonyl (C=O) groups excluding carboxylic acids is 1. The third kappa shape index (κ3) is 3.42. The second-order valence-corrected chi connectivity index (χ2v) is 5.24. The highest BCUT2D eigenvalue weighted by Gasteiger charge is 2.24. The molecule has 1 amide bonds. The fraction of sp³-hybridized carbons (Fsp3) is 0.429. The zero-order valence-electron chi connectivity index (χ0n) is 12.3. The molecule has 3 rings (SSSR count). The predicted molar refractivity (Wildman–Crippen MR) is 84.4 cm³/mol. The van der Waals surface area contributed by atoms with Crippen LogP contribution in [-0.4, -0.2) is 44.7 Å². The Balaban J connectivity index is 0.00000176. The van der Waals surface area contributed by atoms with Crippen molar-refractivity contribution in [2.45, 2.75) is 31.8 Å². The van der Waals surface area contributed by atoms with Gasteiger partial charge in [0, 0.05) is 12.1 Å². The maximum atomic E-state index is 12.6. The van der Waals surface area contributed by atoms with Crippen LogP contribution in [-0.2, 0) is 0 Å². The molecule has 1 aromatic carbocycles. The molecular weight excluding hydrogens is 304 g/mol. The highest BCUT2D eigenvalue weighted by atomic mass is 35.5. The lowest BCUT2D eigenvalue weighted by Crippen LogP contribution is -2.52. The molecule has 1 aromatic heterocycles. The molecule has 2 aromatic rings. The number of carbonyl (C=O) groups is 1. The molecule has 0 aliphatic carbocycles. The standard InChI is InChI=1S/C14H18N6O.ClH/c1-10-12(6-4-8-15-10)17-14(21)11-5-2-3-7-13(11)20-9-16-18-19-20;/h2-3,5,7,9-10,12,15H,4,6,8H2,1H3,(H,17,21);1H. The van der Waals surface area contributed by atoms with Crippen molar-refractivity contribution in [2.24, 2.45) is 0 Å². The van der Waals surface area contributed by atoms with Gasteiger partial charge in [-0.2, -0.15) is 4.68 Å². The molecule has 0 saturated carbocycles. The number of para-hydroxylation sites is 1. The lowest BCUT2D eigenvalue weighted by Gasteiger charge is -2.30. The first-order valence-corrected chi connectivity index (χ1v) is 7.12. The fourth-order valence-corrected chi connectivity index (χ4v) is 2.62. The zero-order chi connectivity index (χ0) is 14.7. The van der Waals surface area contributed by atoms with Gasteiger partial charge in [0.1, 0.15) is 6.33 Å². The van der Waals surface area contributed by atoms with Gasteiger partial charge in [0.05, 0.1) is 11.3 Å². The Bertz CT molecular complexity index is 618. The number of benzene rings is 1. The largest absolute Gasteiger partial charge is 0.348 e. The van der Waals surface area contributed by atoms with Crippen LogP contribution < -0.4 is 10.6 Å². The van der Waals surface area contributed by atoms with Crippen LogP contribution in [0.2, 0.25) is 0 Å². The zero-order valence-corrected chi connectivity index (χ0v) is 13.1. The quantitative estimate of drug-likeness (QED) is 0.879. The summed E-state index contributed by atoms with van der Waals surface area (Å²) in [7, 11) is 0. The molecule has 7 nitrogen and oxygen atoms in total. The van der Waals surface area contributed by atoms with Crippen molar-refractivity contribution in [3.8, 4) is 5.69 Å². The van der Waals surface area contributed by atoms with E-state index in [0.717, 1.165) is 19.4 Å². The summed E-state index contributed by atoms with van der Waals surface area (Å²) in [6, 6.07) is 7.74. The van der Waals surface area contributed by atoms with Crippen molar-refractivity contribution in [1.29, 1.82) is 0 Å². The van der Waals surface area contributed by atoms with Gasteiger partial charge in [-0.05, 0) is 48.9 Å². The van der Waals surface area contributed by atoms with Crippen LogP contribution in [0.5, 0.6) is 0 Å². The number of amides is 1. The monoisotopic (exact) mass is 322 g/mol. The van der Waals surface area contributed by atoms with Crippen molar-refractivity contribution < 1.29 is 4.79 Å². The second kappa shape index (κ2) is 7.33. The smallest absolute Gasteiger partial charge is 0.253 e. The van der Waals surface area contributed by atoms with Gasteiger partial charge in [0.25, 0.3) is 5.91 Å². The van der Waals surface area contributed by atoms with Crippen LogP contribution in [0.4, 0.5) is 0 Å². The molecular formula is C14H19ClN6O. The van der Waals surface area contributed by atoms with Gasteiger partial charge in [0.15, 0.2) is 0 Å². The van der Waals surface area contributed by atoms with E-state index in [2.05, 4.69) is 33.1 Å². The molecule has 2 N–H and O–H groups in total. The molecule has 118 valence electrons. The number of nitrogens with zero attached hydrogens (tertiary/aromatic N) is 4. The van der Waals surface area contributed by atoms with E-state index in [4.69, 9.17) is 0 Å². The van der Waals surface area contributed by atoms with E-state index in [9.17, 15) is 4.79 Å². The minimum atomic E-state index is -0.0957. The van der Waals surface area contributed by atoms with Crippen molar-refractivity contribution in [1.82, 2.24) is 30.8 Å². The summed E-state index contributed by atoms with van der Waals surface area (Å²) in [5.41, 5.74) is 1.25. The van der Waals surface area contributed by atoms with Crippen molar-refractivity contribution >= 4 is 18.3 Å². The molecule has 0 bridgehead atoms. The van der Waals surface area contributed by atoms with Crippen LogP contribution in [0.3, 0.4) is 0 Å². The minimum absolute atomic E-state index is 0. The van der Waals surface area contributed by atoms with Gasteiger partial charge in [-0.1, -0.05) is 12.1 Å². The molecule has 0 radical (unpaired) electrons. The molecule has 2 heterocycles. The Labute approximate surface area is 134 Å². The lowest BCUT2D eigenvalue weighted by molar-refractivity contribution is 0.0919. The number of piperidine rings is 1. The lowest BCUT2D eigenvalue weighted by atomic mass is 9.99. The van der Waals surface area contributed by atoms with Gasteiger partial charge in [-0.25, -0.2) is 0 Å². The average Bonchev–Trinajstić information content (AvgIpc) is 3.04. The highest BCUT2D eigenvalue weighted by Crippen LogP contribution is 2.14. The first-order chi connectivity index (χ1) is 10.3. The summed E-state index contributed by atoms with van der Waals surface area (Å²) in [5, 5.41) is 17.6. The van der Waals surface area contributed by atoms with Crippen LogP contribution in [0.1, 0.15) is 30.1 Å². The van der Waals surface area contributed by atoms with E-state index >= 15 is 0 Å². The van der Waals surface area contributed by atoms with E-state index < -0.39 is 0 Å². The minimum Gasteiger partial charge on any atom is -0.348 e. The van der Waals surface area contributed by atoms with E-state index in [1.54, 1.807) is 6.07 Å². The number of hydrogen-bond acceptors (Lipinski definition) is 5. The normalized spacial score (nSPS) is 21.0. The molecule has 1 fully saturated rings. The van der Waals surface area contributed by atoms with Gasteiger partial charge in [-0.15, -0.1) is 17.5 Å². The summed E-state index contributed by atoms with van der Waals surface area (Å²) < 4.78 is 1.50. The van der Waals surface area contributed by atoms with Crippen LogP contribution in [0, 0.1) is 0 Å². The molecule has 1 aliphatic heterocycles. The van der Waals surface area contributed by atoms with Gasteiger partial charge < -0.3 is 10.6 Å². The number of rotatable bonds is 3. The summed E-state index contributed by atoms with van der Waals surface area (Å²) in [6.07, 6.45) is 3.55. The van der Waals surface area contributed by atoms with E-state index in [-0.39, 0.29) is 30.4 Å². The van der Waals surface area contributed by atoms with Crippen LogP contribution in [0.15, 0.2) is 30.6 Å². The van der Waals surface area contributed by atoms with Crippen LogP contribution >= 0.6 is 12.4 Å². The Hall–Kier alpha value is -1.99. The predicted octanol–water partition coefficient (Wildman–Crippen LogP) is 0.954. The first kappa shape index (κ1) is 16.4. The van der Waals surface area contributed by atoms with Crippen molar-refractivity contribution in [2.75, 3.05) is 6.54 Å². The third-order valence-corrected chi connectivity index (χ3v) is 3.82. The summed E-state index contributed by atoms with van der Waals surface area (Å²) in [6.45, 7) is 3.10. The Morgan fingerprint density at radius 2 is 2.23 bits per heavy atom. The van der Waals surface area contributed by atoms with Crippen molar-refractivity contribution in [3.63, 3.8) is 0 Å². The van der Waals surface area contributed by atoms with Crippen LogP contribution in [0.25, 0.3) is 5.69 Å². The van der Waals surface area contributed by atoms with Gasteiger partial charge >= 0.3 is 0 Å². The fourth-order valence-electron chi connectivity index (χ4n) is 2.62. The molecule has 2 unspecified atom stereocenters. The first-order valence-electron chi connectivity index (χ1n) is 7.12. The molecule has 22 heavy (non-hydrogen) atoms. The van der Waals surface area contributed by atoms with Crippen molar-refractivity contribution in [3.05, 3.63) is 36.2 Å². The Kier molecular flexibility index (Phi) is 5.46. The number of aromatic nitrogens is 4. The average molecular weight is 323 g/mol. The maximum Gasteiger partial charge on any atom is 0.253 e. The van der Waals surface area contributed by atoms with E-state index in [0.29, 0.717) is 11.3 Å². The highest BCUT2D eigenvalue weighted by molar-refractivity contribution is 5.97. The second-order valence-electron chi connectivity index (χ2n) is 5.24. The third-order valence-electron chi connectivity index (χ3n) is 3.82. The summed E-state index contributed by atoms with van der Waals surface area (Å²) in [4.78, 5) is 12.6. The Morgan fingerprint density at radius 3 is 2.95 bits per heavy atom. The maximum absolute atomic E-state index is 12.6. The van der Waals surface area contributed by atoms with Gasteiger partial charge in [0.2, 0.25) is 0 Å². The molecule has 0 spiro atoms. The van der Waals surface area contributed by atoms with Gasteiger partial charge in [-0.3, -0.25) is 4.79 Å². The SMILES string of the molecule is CC1NCCCC1NC(=O)c1ccccc1-n1cnnn1.Cl. The molecule has 2 atom stereocenters. The number of nitrogens with one attached hydrogen (secondary N) is 2. The molecule has 1 saturated heterocycles. The number of halogens is 1. The Morgan fingerprint density at radius 1 is 1.41 bits per heavy atom. The summed E-state index contributed by atoms with van der Waals surface area (Å²) >= 11 is 0. The summed E-state index contributed by atoms with van der Waals surface area (Å²) in [5.74, 6) is -0.0957. The topological polar surface area (TPSA) is 84.7 Å².